The number of primary sulfonamides is 1. The summed E-state index contributed by atoms with van der Waals surface area (Å²) in [5.41, 5.74) is 1.99. The second-order valence-corrected chi connectivity index (χ2v) is 6.70. The van der Waals surface area contributed by atoms with Crippen LogP contribution >= 0.6 is 0 Å². The number of rotatable bonds is 4. The molecular formula is C12H18N2O3S. The summed E-state index contributed by atoms with van der Waals surface area (Å²) in [5.74, 6) is 0. The molecular weight excluding hydrogens is 252 g/mol. The van der Waals surface area contributed by atoms with Crippen LogP contribution in [0.3, 0.4) is 0 Å². The standard InChI is InChI=1S/C12H18N2O3S/c1-9-2-4-10(5-3-9)12(15)8-14-6-11(7-14)18(13,16)17/h2-5,11-12,15H,6-8H2,1H3,(H2,13,16,17). The number of nitrogens with zero attached hydrogens (tertiary/aromatic N) is 1. The molecule has 1 heterocycles. The van der Waals surface area contributed by atoms with Gasteiger partial charge in [-0.3, -0.25) is 4.90 Å². The number of likely N-dealkylation sites (tertiary alicyclic amines) is 1. The average Bonchev–Trinajstić information content (AvgIpc) is 2.21. The van der Waals surface area contributed by atoms with Gasteiger partial charge < -0.3 is 5.11 Å². The van der Waals surface area contributed by atoms with Gasteiger partial charge in [-0.2, -0.15) is 0 Å². The second-order valence-electron chi connectivity index (χ2n) is 4.86. The first kappa shape index (κ1) is 13.5. The Balaban J connectivity index is 1.87. The Morgan fingerprint density at radius 1 is 1.39 bits per heavy atom. The minimum atomic E-state index is -3.43. The monoisotopic (exact) mass is 270 g/mol. The molecule has 0 bridgehead atoms. The molecule has 1 unspecified atom stereocenters. The number of hydrogen-bond donors (Lipinski definition) is 2. The summed E-state index contributed by atoms with van der Waals surface area (Å²) in [4.78, 5) is 1.89. The van der Waals surface area contributed by atoms with Gasteiger partial charge >= 0.3 is 0 Å². The van der Waals surface area contributed by atoms with Crippen molar-refractivity contribution in [3.05, 3.63) is 35.4 Å². The second kappa shape index (κ2) is 4.97. The zero-order valence-corrected chi connectivity index (χ0v) is 11.1. The van der Waals surface area contributed by atoms with Crippen molar-refractivity contribution in [1.29, 1.82) is 0 Å². The fourth-order valence-corrected chi connectivity index (χ4v) is 2.86. The molecule has 3 N–H and O–H groups in total. The van der Waals surface area contributed by atoms with E-state index in [1.165, 1.54) is 0 Å². The summed E-state index contributed by atoms with van der Waals surface area (Å²) >= 11 is 0. The highest BCUT2D eigenvalue weighted by molar-refractivity contribution is 7.89. The maximum Gasteiger partial charge on any atom is 0.214 e. The van der Waals surface area contributed by atoms with Crippen molar-refractivity contribution in [2.45, 2.75) is 18.3 Å². The topological polar surface area (TPSA) is 83.6 Å². The fraction of sp³-hybridized carbons (Fsp3) is 0.500. The molecule has 1 fully saturated rings. The molecule has 18 heavy (non-hydrogen) atoms. The molecule has 0 aromatic heterocycles. The van der Waals surface area contributed by atoms with Gasteiger partial charge in [0, 0.05) is 19.6 Å². The third-order valence-corrected chi connectivity index (χ3v) is 4.51. The van der Waals surface area contributed by atoms with E-state index in [1.807, 2.05) is 36.1 Å². The Morgan fingerprint density at radius 3 is 2.44 bits per heavy atom. The molecule has 1 aromatic carbocycles. The van der Waals surface area contributed by atoms with E-state index >= 15 is 0 Å². The first-order valence-corrected chi connectivity index (χ1v) is 7.46. The highest BCUT2D eigenvalue weighted by Crippen LogP contribution is 2.20. The molecule has 0 spiro atoms. The van der Waals surface area contributed by atoms with Crippen LogP contribution in [0.25, 0.3) is 0 Å². The predicted octanol–water partition coefficient (Wildman–Crippen LogP) is 0.00112. The van der Waals surface area contributed by atoms with Crippen molar-refractivity contribution >= 4 is 10.0 Å². The number of aliphatic hydroxyl groups excluding tert-OH is 1. The highest BCUT2D eigenvalue weighted by atomic mass is 32.2. The summed E-state index contributed by atoms with van der Waals surface area (Å²) in [7, 11) is -3.43. The van der Waals surface area contributed by atoms with Crippen LogP contribution in [0.15, 0.2) is 24.3 Å². The van der Waals surface area contributed by atoms with E-state index in [1.54, 1.807) is 0 Å². The van der Waals surface area contributed by atoms with Gasteiger partial charge in [0.15, 0.2) is 0 Å². The Hall–Kier alpha value is -0.950. The van der Waals surface area contributed by atoms with Crippen LogP contribution in [-0.4, -0.2) is 43.3 Å². The number of nitrogens with two attached hydrogens (primary N) is 1. The van der Waals surface area contributed by atoms with Crippen molar-refractivity contribution in [2.75, 3.05) is 19.6 Å². The minimum absolute atomic E-state index is 0.405. The van der Waals surface area contributed by atoms with Crippen molar-refractivity contribution in [3.8, 4) is 0 Å². The van der Waals surface area contributed by atoms with Gasteiger partial charge in [0.2, 0.25) is 10.0 Å². The maximum absolute atomic E-state index is 11.0. The van der Waals surface area contributed by atoms with E-state index in [0.717, 1.165) is 11.1 Å². The molecule has 0 radical (unpaired) electrons. The van der Waals surface area contributed by atoms with Crippen LogP contribution in [0.5, 0.6) is 0 Å². The number of β-amino-alcohol motifs (C(OH)–C–C–N with tert-alkyl or cyclic N) is 1. The number of benzene rings is 1. The Bertz CT molecular complexity index is 507. The number of hydrogen-bond acceptors (Lipinski definition) is 4. The third-order valence-electron chi connectivity index (χ3n) is 3.28. The highest BCUT2D eigenvalue weighted by Gasteiger charge is 2.35. The minimum Gasteiger partial charge on any atom is -0.387 e. The first-order chi connectivity index (χ1) is 8.36. The zero-order valence-electron chi connectivity index (χ0n) is 10.3. The Kier molecular flexibility index (Phi) is 3.72. The van der Waals surface area contributed by atoms with Gasteiger partial charge in [-0.05, 0) is 12.5 Å². The molecule has 0 amide bonds. The van der Waals surface area contributed by atoms with E-state index in [4.69, 9.17) is 5.14 Å². The molecule has 2 rings (SSSR count). The van der Waals surface area contributed by atoms with Crippen molar-refractivity contribution in [2.24, 2.45) is 5.14 Å². The molecule has 1 atom stereocenters. The number of sulfonamides is 1. The molecule has 0 saturated carbocycles. The first-order valence-electron chi connectivity index (χ1n) is 5.85. The molecule has 1 saturated heterocycles. The third kappa shape index (κ3) is 3.08. The SMILES string of the molecule is Cc1ccc(C(O)CN2CC(S(N)(=O)=O)C2)cc1. The predicted molar refractivity (Wildman–Crippen MR) is 69.5 cm³/mol. The number of aliphatic hydroxyl groups is 1. The lowest BCUT2D eigenvalue weighted by molar-refractivity contribution is 0.0807. The van der Waals surface area contributed by atoms with Gasteiger partial charge in [-0.1, -0.05) is 29.8 Å². The average molecular weight is 270 g/mol. The van der Waals surface area contributed by atoms with Crippen molar-refractivity contribution in [1.82, 2.24) is 4.90 Å². The molecule has 100 valence electrons. The summed E-state index contributed by atoms with van der Waals surface area (Å²) in [6.07, 6.45) is -0.591. The fourth-order valence-electron chi connectivity index (χ4n) is 2.02. The maximum atomic E-state index is 11.0. The summed E-state index contributed by atoms with van der Waals surface area (Å²) in [6.45, 7) is 3.24. The quantitative estimate of drug-likeness (QED) is 0.806. The van der Waals surface area contributed by atoms with Crippen LogP contribution in [-0.2, 0) is 10.0 Å². The molecule has 0 aliphatic carbocycles. The zero-order chi connectivity index (χ0) is 13.3. The van der Waals surface area contributed by atoms with Gasteiger partial charge in [0.05, 0.1) is 6.10 Å². The van der Waals surface area contributed by atoms with Gasteiger partial charge in [-0.15, -0.1) is 0 Å². The van der Waals surface area contributed by atoms with E-state index in [0.29, 0.717) is 19.6 Å². The lowest BCUT2D eigenvalue weighted by atomic mass is 10.1. The van der Waals surface area contributed by atoms with Crippen LogP contribution in [0.2, 0.25) is 0 Å². The van der Waals surface area contributed by atoms with Crippen LogP contribution in [0, 0.1) is 6.92 Å². The van der Waals surface area contributed by atoms with Crippen LogP contribution < -0.4 is 5.14 Å². The van der Waals surface area contributed by atoms with Gasteiger partial charge in [-0.25, -0.2) is 13.6 Å². The molecule has 5 nitrogen and oxygen atoms in total. The van der Waals surface area contributed by atoms with Crippen molar-refractivity contribution in [3.63, 3.8) is 0 Å². The van der Waals surface area contributed by atoms with Crippen LogP contribution in [0.1, 0.15) is 17.2 Å². The molecule has 1 aliphatic heterocycles. The largest absolute Gasteiger partial charge is 0.387 e. The smallest absolute Gasteiger partial charge is 0.214 e. The van der Waals surface area contributed by atoms with Gasteiger partial charge in [0.1, 0.15) is 5.25 Å². The van der Waals surface area contributed by atoms with E-state index < -0.39 is 21.4 Å². The van der Waals surface area contributed by atoms with Gasteiger partial charge in [0.25, 0.3) is 0 Å². The van der Waals surface area contributed by atoms with Crippen LogP contribution in [0.4, 0.5) is 0 Å². The summed E-state index contributed by atoms with van der Waals surface area (Å²) < 4.78 is 22.1. The molecule has 1 aliphatic rings. The van der Waals surface area contributed by atoms with E-state index in [-0.39, 0.29) is 0 Å². The lowest BCUT2D eigenvalue weighted by Crippen LogP contribution is -2.57. The van der Waals surface area contributed by atoms with E-state index in [2.05, 4.69) is 0 Å². The van der Waals surface area contributed by atoms with E-state index in [9.17, 15) is 13.5 Å². The Labute approximate surface area is 107 Å². The summed E-state index contributed by atoms with van der Waals surface area (Å²) in [6, 6.07) is 7.66. The lowest BCUT2D eigenvalue weighted by Gasteiger charge is -2.38. The normalized spacial score (nSPS) is 19.5. The Morgan fingerprint density at radius 2 is 1.94 bits per heavy atom. The molecule has 1 aromatic rings. The number of aryl methyl sites for hydroxylation is 1. The van der Waals surface area contributed by atoms with Crippen molar-refractivity contribution < 1.29 is 13.5 Å². The molecule has 6 heteroatoms. The summed E-state index contributed by atoms with van der Waals surface area (Å²) in [5, 5.41) is 14.6.